The van der Waals surface area contributed by atoms with Crippen LogP contribution in [0.25, 0.3) is 0 Å². The van der Waals surface area contributed by atoms with Crippen LogP contribution in [0.2, 0.25) is 0 Å². The maximum absolute atomic E-state index is 12.8. The van der Waals surface area contributed by atoms with E-state index in [0.29, 0.717) is 23.3 Å². The van der Waals surface area contributed by atoms with Crippen molar-refractivity contribution in [1.29, 1.82) is 0 Å². The second-order valence-electron chi connectivity index (χ2n) is 7.19. The molecule has 5 nitrogen and oxygen atoms in total. The Balaban J connectivity index is 1.67. The number of hydrogen-bond acceptors (Lipinski definition) is 5. The Hall–Kier alpha value is -1.60. The van der Waals surface area contributed by atoms with Gasteiger partial charge in [-0.15, -0.1) is 0 Å². The Morgan fingerprint density at radius 2 is 1.77 bits per heavy atom. The molecule has 0 spiro atoms. The number of thioether (sulfide) groups is 1. The van der Waals surface area contributed by atoms with Gasteiger partial charge in [0.25, 0.3) is 0 Å². The van der Waals surface area contributed by atoms with Crippen LogP contribution >= 0.6 is 24.0 Å². The Bertz CT molecular complexity index is 697. The third kappa shape index (κ3) is 4.04. The maximum Gasteiger partial charge on any atom is 0.247 e. The summed E-state index contributed by atoms with van der Waals surface area (Å²) < 4.78 is 5.86. The Morgan fingerprint density at radius 1 is 1.15 bits per heavy atom. The summed E-state index contributed by atoms with van der Waals surface area (Å²) in [6.45, 7) is 6.30. The number of rotatable bonds is 3. The molecule has 1 aromatic rings. The number of benzene rings is 1. The minimum Gasteiger partial charge on any atom is -0.497 e. The zero-order valence-corrected chi connectivity index (χ0v) is 16.9. The molecule has 3 rings (SSSR count). The van der Waals surface area contributed by atoms with Crippen LogP contribution in [0, 0.1) is 11.8 Å². The fourth-order valence-corrected chi connectivity index (χ4v) is 5.18. The second-order valence-corrected chi connectivity index (χ2v) is 9.03. The number of carbonyl (C=O) groups excluding carboxylic acids is 2. The van der Waals surface area contributed by atoms with E-state index < -0.39 is 5.25 Å². The lowest BCUT2D eigenvalue weighted by Gasteiger charge is -2.36. The van der Waals surface area contributed by atoms with Crippen molar-refractivity contribution in [2.45, 2.75) is 31.9 Å². The molecule has 2 aliphatic rings. The van der Waals surface area contributed by atoms with E-state index in [1.165, 1.54) is 23.1 Å². The molecule has 0 radical (unpaired) electrons. The number of methoxy groups -OCH3 is 1. The van der Waals surface area contributed by atoms with Crippen LogP contribution in [-0.4, -0.2) is 46.5 Å². The summed E-state index contributed by atoms with van der Waals surface area (Å²) in [7, 11) is 1.58. The zero-order valence-electron chi connectivity index (χ0n) is 15.3. The fourth-order valence-electron chi connectivity index (χ4n) is 3.71. The van der Waals surface area contributed by atoms with Gasteiger partial charge in [-0.25, -0.2) is 4.90 Å². The van der Waals surface area contributed by atoms with Crippen molar-refractivity contribution < 1.29 is 14.3 Å². The van der Waals surface area contributed by atoms with Crippen LogP contribution in [0.4, 0.5) is 5.69 Å². The molecule has 0 bridgehead atoms. The van der Waals surface area contributed by atoms with Crippen molar-refractivity contribution in [3.05, 3.63) is 24.3 Å². The van der Waals surface area contributed by atoms with Gasteiger partial charge in [0.05, 0.1) is 12.8 Å². The summed E-state index contributed by atoms with van der Waals surface area (Å²) in [5.41, 5.74) is 0.579. The average Bonchev–Trinajstić information content (AvgIpc) is 2.88. The van der Waals surface area contributed by atoms with Gasteiger partial charge in [-0.2, -0.15) is 0 Å². The highest BCUT2D eigenvalue weighted by Crippen LogP contribution is 2.33. The van der Waals surface area contributed by atoms with Crippen LogP contribution in [0.1, 0.15) is 26.7 Å². The van der Waals surface area contributed by atoms with Gasteiger partial charge >= 0.3 is 0 Å². The number of carbonyl (C=O) groups is 2. The van der Waals surface area contributed by atoms with Gasteiger partial charge in [0, 0.05) is 19.5 Å². The van der Waals surface area contributed by atoms with E-state index in [4.69, 9.17) is 17.0 Å². The molecular formula is C19H24N2O3S2. The normalized spacial score (nSPS) is 26.3. The van der Waals surface area contributed by atoms with Crippen molar-refractivity contribution in [2.24, 2.45) is 11.8 Å². The van der Waals surface area contributed by atoms with E-state index in [0.717, 1.165) is 17.4 Å². The Morgan fingerprint density at radius 3 is 2.35 bits per heavy atom. The summed E-state index contributed by atoms with van der Waals surface area (Å²) in [4.78, 5) is 28.7. The topological polar surface area (TPSA) is 49.9 Å². The predicted molar refractivity (Wildman–Crippen MR) is 109 cm³/mol. The number of ether oxygens (including phenoxy) is 1. The van der Waals surface area contributed by atoms with E-state index >= 15 is 0 Å². The van der Waals surface area contributed by atoms with Crippen LogP contribution in [-0.2, 0) is 9.59 Å². The van der Waals surface area contributed by atoms with Gasteiger partial charge in [0.15, 0.2) is 0 Å². The minimum atomic E-state index is -0.440. The van der Waals surface area contributed by atoms with Crippen LogP contribution in [0.3, 0.4) is 0 Å². The molecular weight excluding hydrogens is 368 g/mol. The predicted octanol–water partition coefficient (Wildman–Crippen LogP) is 3.32. The van der Waals surface area contributed by atoms with E-state index in [2.05, 4.69) is 18.7 Å². The van der Waals surface area contributed by atoms with Gasteiger partial charge in [-0.05, 0) is 42.5 Å². The number of likely N-dealkylation sites (tertiary alicyclic amines) is 1. The molecule has 2 heterocycles. The third-order valence-corrected chi connectivity index (χ3v) is 6.47. The van der Waals surface area contributed by atoms with E-state index in [9.17, 15) is 9.59 Å². The molecule has 3 atom stereocenters. The third-order valence-electron chi connectivity index (χ3n) is 4.81. The van der Waals surface area contributed by atoms with Crippen LogP contribution in [0.5, 0.6) is 5.75 Å². The summed E-state index contributed by atoms with van der Waals surface area (Å²) >= 11 is 6.94. The van der Waals surface area contributed by atoms with Crippen LogP contribution < -0.4 is 9.64 Å². The van der Waals surface area contributed by atoms with Crippen molar-refractivity contribution >= 4 is 45.8 Å². The van der Waals surface area contributed by atoms with E-state index in [1.807, 2.05) is 0 Å². The largest absolute Gasteiger partial charge is 0.497 e. The first-order chi connectivity index (χ1) is 12.4. The molecule has 2 amide bonds. The summed E-state index contributed by atoms with van der Waals surface area (Å²) in [6, 6.07) is 6.96. The first-order valence-electron chi connectivity index (χ1n) is 8.85. The number of nitrogens with zero attached hydrogens (tertiary/aromatic N) is 2. The molecule has 140 valence electrons. The summed E-state index contributed by atoms with van der Waals surface area (Å²) in [5.74, 6) is 1.50. The number of amides is 2. The first kappa shape index (κ1) is 19.2. The number of hydrogen-bond donors (Lipinski definition) is 0. The average molecular weight is 393 g/mol. The first-order valence-corrected chi connectivity index (χ1v) is 10.1. The van der Waals surface area contributed by atoms with Crippen molar-refractivity contribution in [3.8, 4) is 5.75 Å². The SMILES string of the molecule is COc1ccc(N2C(=O)C[C@@H](SC(=S)N3C[C@H](C)C[C@H](C)C3)C2=O)cc1. The molecule has 2 fully saturated rings. The maximum atomic E-state index is 12.8. The molecule has 0 aromatic heterocycles. The lowest BCUT2D eigenvalue weighted by atomic mass is 9.92. The van der Waals surface area contributed by atoms with Gasteiger partial charge in [0.1, 0.15) is 15.3 Å². The molecule has 0 aliphatic carbocycles. The number of piperidine rings is 1. The van der Waals surface area contributed by atoms with Crippen LogP contribution in [0.15, 0.2) is 24.3 Å². The molecule has 2 saturated heterocycles. The molecule has 0 unspecified atom stereocenters. The molecule has 0 N–H and O–H groups in total. The second kappa shape index (κ2) is 7.96. The Labute approximate surface area is 164 Å². The smallest absolute Gasteiger partial charge is 0.247 e. The monoisotopic (exact) mass is 392 g/mol. The summed E-state index contributed by atoms with van der Waals surface area (Å²) in [6.07, 6.45) is 1.39. The minimum absolute atomic E-state index is 0.180. The highest BCUT2D eigenvalue weighted by molar-refractivity contribution is 8.23. The standard InChI is InChI=1S/C19H24N2O3S2/c1-12-8-13(2)11-20(10-12)19(25)26-16-9-17(22)21(18(16)23)14-4-6-15(24-3)7-5-14/h4-7,12-13,16H,8-11H2,1-3H3/t12-,13+,16-/m1/s1. The van der Waals surface area contributed by atoms with Gasteiger partial charge in [-0.3, -0.25) is 9.59 Å². The summed E-state index contributed by atoms with van der Waals surface area (Å²) in [5, 5.41) is -0.440. The van der Waals surface area contributed by atoms with Gasteiger partial charge < -0.3 is 9.64 Å². The van der Waals surface area contributed by atoms with Crippen molar-refractivity contribution in [1.82, 2.24) is 4.90 Å². The van der Waals surface area contributed by atoms with E-state index in [-0.39, 0.29) is 18.2 Å². The fraction of sp³-hybridized carbons (Fsp3) is 0.526. The molecule has 7 heteroatoms. The molecule has 1 aromatic carbocycles. The highest BCUT2D eigenvalue weighted by atomic mass is 32.2. The van der Waals surface area contributed by atoms with Gasteiger partial charge in [0.2, 0.25) is 11.8 Å². The molecule has 0 saturated carbocycles. The quantitative estimate of drug-likeness (QED) is 0.581. The highest BCUT2D eigenvalue weighted by Gasteiger charge is 2.41. The Kier molecular flexibility index (Phi) is 5.87. The number of imide groups is 1. The van der Waals surface area contributed by atoms with Crippen molar-refractivity contribution in [2.75, 3.05) is 25.1 Å². The lowest BCUT2D eigenvalue weighted by Crippen LogP contribution is -2.41. The number of anilines is 1. The van der Waals surface area contributed by atoms with Gasteiger partial charge in [-0.1, -0.05) is 37.8 Å². The lowest BCUT2D eigenvalue weighted by molar-refractivity contribution is -0.121. The van der Waals surface area contributed by atoms with E-state index in [1.54, 1.807) is 31.4 Å². The van der Waals surface area contributed by atoms with Crippen molar-refractivity contribution in [3.63, 3.8) is 0 Å². The number of thiocarbonyl (C=S) groups is 1. The zero-order chi connectivity index (χ0) is 18.8. The molecule has 2 aliphatic heterocycles. The molecule has 26 heavy (non-hydrogen) atoms.